The molecule has 1 fully saturated rings. The Labute approximate surface area is 65.9 Å². The third-order valence-corrected chi connectivity index (χ3v) is 2.47. The van der Waals surface area contributed by atoms with Crippen molar-refractivity contribution in [3.63, 3.8) is 0 Å². The molecule has 1 N–H and O–H groups in total. The summed E-state index contributed by atoms with van der Waals surface area (Å²) in [6, 6.07) is -0.0174. The number of nitrogens with one attached hydrogen (secondary N) is 1. The van der Waals surface area contributed by atoms with Crippen LogP contribution in [0.1, 0.15) is 19.3 Å². The molecule has 1 saturated carbocycles. The fourth-order valence-electron chi connectivity index (χ4n) is 1.38. The summed E-state index contributed by atoms with van der Waals surface area (Å²) in [7, 11) is 1.78. The van der Waals surface area contributed by atoms with Gasteiger partial charge in [0, 0.05) is 11.4 Å². The first-order valence-electron chi connectivity index (χ1n) is 3.69. The van der Waals surface area contributed by atoms with Gasteiger partial charge in [-0.25, -0.2) is 4.39 Å². The molecule has 0 heterocycles. The van der Waals surface area contributed by atoms with Crippen LogP contribution >= 0.6 is 11.6 Å². The topological polar surface area (TPSA) is 12.0 Å². The quantitative estimate of drug-likeness (QED) is 0.584. The molecule has 0 spiro atoms. The van der Waals surface area contributed by atoms with E-state index in [1.807, 2.05) is 0 Å². The van der Waals surface area contributed by atoms with Crippen LogP contribution in [0.2, 0.25) is 0 Å². The molecular formula is C7H13ClFN. The van der Waals surface area contributed by atoms with Gasteiger partial charge in [-0.1, -0.05) is 0 Å². The molecule has 0 saturated heterocycles. The first-order valence-corrected chi connectivity index (χ1v) is 4.13. The second-order valence-electron chi connectivity index (χ2n) is 2.82. The van der Waals surface area contributed by atoms with Gasteiger partial charge < -0.3 is 5.32 Å². The average Bonchev–Trinajstić information content (AvgIpc) is 1.94. The molecule has 1 aliphatic rings. The molecule has 3 unspecified atom stereocenters. The summed E-state index contributed by atoms with van der Waals surface area (Å²) in [6.07, 6.45) is 1.50. The molecular weight excluding hydrogens is 153 g/mol. The summed E-state index contributed by atoms with van der Waals surface area (Å²) >= 11 is 5.85. The first-order chi connectivity index (χ1) is 4.74. The van der Waals surface area contributed by atoms with E-state index in [4.69, 9.17) is 11.6 Å². The van der Waals surface area contributed by atoms with Crippen molar-refractivity contribution < 1.29 is 4.39 Å². The lowest BCUT2D eigenvalue weighted by molar-refractivity contribution is 0.198. The summed E-state index contributed by atoms with van der Waals surface area (Å²) in [5.74, 6) is 0. The zero-order valence-corrected chi connectivity index (χ0v) is 6.87. The van der Waals surface area contributed by atoms with Crippen molar-refractivity contribution >= 4 is 11.6 Å². The van der Waals surface area contributed by atoms with E-state index in [1.165, 1.54) is 0 Å². The molecule has 0 aliphatic heterocycles. The number of alkyl halides is 2. The van der Waals surface area contributed by atoms with E-state index < -0.39 is 6.17 Å². The predicted molar refractivity (Wildman–Crippen MR) is 41.2 cm³/mol. The Morgan fingerprint density at radius 2 is 2.20 bits per heavy atom. The Morgan fingerprint density at radius 3 is 2.70 bits per heavy atom. The summed E-state index contributed by atoms with van der Waals surface area (Å²) in [6.45, 7) is 0. The van der Waals surface area contributed by atoms with Gasteiger partial charge in [-0.3, -0.25) is 0 Å². The molecule has 1 rings (SSSR count). The molecule has 3 heteroatoms. The predicted octanol–water partition coefficient (Wildman–Crippen LogP) is 1.70. The van der Waals surface area contributed by atoms with Crippen molar-refractivity contribution in [3.8, 4) is 0 Å². The smallest absolute Gasteiger partial charge is 0.115 e. The highest BCUT2D eigenvalue weighted by molar-refractivity contribution is 6.20. The van der Waals surface area contributed by atoms with Crippen LogP contribution in [0.3, 0.4) is 0 Å². The van der Waals surface area contributed by atoms with Gasteiger partial charge in [0.15, 0.2) is 0 Å². The van der Waals surface area contributed by atoms with Crippen molar-refractivity contribution in [2.45, 2.75) is 36.9 Å². The Morgan fingerprint density at radius 1 is 1.50 bits per heavy atom. The molecule has 0 amide bonds. The number of rotatable bonds is 1. The largest absolute Gasteiger partial charge is 0.314 e. The van der Waals surface area contributed by atoms with E-state index in [2.05, 4.69) is 5.32 Å². The second kappa shape index (κ2) is 3.54. The Hall–Kier alpha value is 0.180. The first kappa shape index (κ1) is 8.28. The maximum Gasteiger partial charge on any atom is 0.115 e. The maximum absolute atomic E-state index is 12.9. The molecule has 1 nitrogen and oxygen atoms in total. The lowest BCUT2D eigenvalue weighted by Gasteiger charge is -2.28. The van der Waals surface area contributed by atoms with Crippen LogP contribution in [0.4, 0.5) is 4.39 Å². The van der Waals surface area contributed by atoms with Crippen molar-refractivity contribution in [3.05, 3.63) is 0 Å². The third-order valence-electron chi connectivity index (χ3n) is 2.07. The van der Waals surface area contributed by atoms with Gasteiger partial charge in [0.2, 0.25) is 0 Å². The minimum absolute atomic E-state index is 0.0174. The minimum Gasteiger partial charge on any atom is -0.314 e. The van der Waals surface area contributed by atoms with Crippen LogP contribution in [-0.2, 0) is 0 Å². The number of halogens is 2. The number of hydrogen-bond acceptors (Lipinski definition) is 1. The molecule has 1 aliphatic carbocycles. The van der Waals surface area contributed by atoms with Crippen molar-refractivity contribution in [2.24, 2.45) is 0 Å². The highest BCUT2D eigenvalue weighted by Crippen LogP contribution is 2.24. The van der Waals surface area contributed by atoms with Crippen LogP contribution in [-0.4, -0.2) is 24.6 Å². The fourth-order valence-corrected chi connectivity index (χ4v) is 1.70. The molecule has 0 aromatic carbocycles. The van der Waals surface area contributed by atoms with Gasteiger partial charge in [-0.15, -0.1) is 11.6 Å². The van der Waals surface area contributed by atoms with E-state index in [-0.39, 0.29) is 11.4 Å². The van der Waals surface area contributed by atoms with E-state index in [9.17, 15) is 4.39 Å². The summed E-state index contributed by atoms with van der Waals surface area (Å²) in [4.78, 5) is 0. The van der Waals surface area contributed by atoms with E-state index >= 15 is 0 Å². The van der Waals surface area contributed by atoms with E-state index in [1.54, 1.807) is 7.05 Å². The minimum atomic E-state index is -0.694. The Balaban J connectivity index is 2.38. The highest BCUT2D eigenvalue weighted by atomic mass is 35.5. The zero-order valence-electron chi connectivity index (χ0n) is 6.11. The summed E-state index contributed by atoms with van der Waals surface area (Å²) in [5, 5.41) is 3.10. The molecule has 10 heavy (non-hydrogen) atoms. The van der Waals surface area contributed by atoms with Crippen LogP contribution in [0.15, 0.2) is 0 Å². The zero-order chi connectivity index (χ0) is 7.56. The maximum atomic E-state index is 12.9. The molecule has 0 aromatic rings. The van der Waals surface area contributed by atoms with Crippen LogP contribution in [0.25, 0.3) is 0 Å². The van der Waals surface area contributed by atoms with Gasteiger partial charge >= 0.3 is 0 Å². The van der Waals surface area contributed by atoms with Gasteiger partial charge in [-0.05, 0) is 26.3 Å². The second-order valence-corrected chi connectivity index (χ2v) is 3.44. The standard InChI is InChI=1S/C7H13ClFN/c1-10-7-4-5(8)2-3-6(7)9/h5-7,10H,2-4H2,1H3. The summed E-state index contributed by atoms with van der Waals surface area (Å²) < 4.78 is 12.9. The van der Waals surface area contributed by atoms with Gasteiger partial charge in [0.05, 0.1) is 0 Å². The van der Waals surface area contributed by atoms with Gasteiger partial charge in [0.1, 0.15) is 6.17 Å². The summed E-state index contributed by atoms with van der Waals surface area (Å²) in [5.41, 5.74) is 0. The van der Waals surface area contributed by atoms with Gasteiger partial charge in [0.25, 0.3) is 0 Å². The lowest BCUT2D eigenvalue weighted by Crippen LogP contribution is -2.40. The van der Waals surface area contributed by atoms with E-state index in [0.717, 1.165) is 12.8 Å². The average molecular weight is 166 g/mol. The van der Waals surface area contributed by atoms with Crippen LogP contribution in [0, 0.1) is 0 Å². The monoisotopic (exact) mass is 165 g/mol. The SMILES string of the molecule is CNC1CC(Cl)CCC1F. The van der Waals surface area contributed by atoms with Crippen molar-refractivity contribution in [2.75, 3.05) is 7.05 Å². The molecule has 0 bridgehead atoms. The fraction of sp³-hybridized carbons (Fsp3) is 1.00. The van der Waals surface area contributed by atoms with Crippen molar-refractivity contribution in [1.82, 2.24) is 5.32 Å². The van der Waals surface area contributed by atoms with Crippen LogP contribution in [0.5, 0.6) is 0 Å². The molecule has 60 valence electrons. The molecule has 0 radical (unpaired) electrons. The third kappa shape index (κ3) is 1.83. The van der Waals surface area contributed by atoms with E-state index in [0.29, 0.717) is 6.42 Å². The lowest BCUT2D eigenvalue weighted by atomic mass is 9.93. The normalized spacial score (nSPS) is 41.7. The highest BCUT2D eigenvalue weighted by Gasteiger charge is 2.27. The number of hydrogen-bond donors (Lipinski definition) is 1. The Bertz CT molecular complexity index is 110. The van der Waals surface area contributed by atoms with Crippen molar-refractivity contribution in [1.29, 1.82) is 0 Å². The Kier molecular flexibility index (Phi) is 2.93. The van der Waals surface area contributed by atoms with Crippen LogP contribution < -0.4 is 5.32 Å². The molecule has 3 atom stereocenters. The van der Waals surface area contributed by atoms with Gasteiger partial charge in [-0.2, -0.15) is 0 Å². The molecule has 0 aromatic heterocycles.